The summed E-state index contributed by atoms with van der Waals surface area (Å²) in [5.74, 6) is 2.68. The number of aromatic nitrogens is 2. The van der Waals surface area contributed by atoms with Crippen molar-refractivity contribution in [3.63, 3.8) is 0 Å². The van der Waals surface area contributed by atoms with Crippen LogP contribution >= 0.6 is 0 Å². The number of aryl methyl sites for hydroxylation is 1. The molecule has 0 saturated carbocycles. The molecule has 0 spiro atoms. The number of rotatable bonds is 5. The van der Waals surface area contributed by atoms with Gasteiger partial charge in [0.15, 0.2) is 5.82 Å². The lowest BCUT2D eigenvalue weighted by molar-refractivity contribution is -0.137. The van der Waals surface area contributed by atoms with Crippen molar-refractivity contribution in [2.24, 2.45) is 0 Å². The number of ether oxygens (including phenoxy) is 2. The van der Waals surface area contributed by atoms with E-state index in [9.17, 15) is 4.79 Å². The fourth-order valence-corrected chi connectivity index (χ4v) is 3.86. The minimum absolute atomic E-state index is 0.113. The van der Waals surface area contributed by atoms with Gasteiger partial charge in [-0.2, -0.15) is 4.98 Å². The fraction of sp³-hybridized carbons (Fsp3) is 0.476. The van der Waals surface area contributed by atoms with Crippen molar-refractivity contribution in [3.05, 3.63) is 41.9 Å². The fourth-order valence-electron chi connectivity index (χ4n) is 3.86. The summed E-state index contributed by atoms with van der Waals surface area (Å²) < 4.78 is 11.1. The van der Waals surface area contributed by atoms with Crippen molar-refractivity contribution in [1.29, 1.82) is 0 Å². The molecule has 0 bridgehead atoms. The van der Waals surface area contributed by atoms with Crippen molar-refractivity contribution < 1.29 is 14.3 Å². The SMILES string of the molecule is COc1ccc(Oc2cc(C)nc(C3CCCCN3C(=O)C3CCNN3)n2)cc1. The third-order valence-corrected chi connectivity index (χ3v) is 5.35. The number of benzene rings is 1. The molecule has 2 aliphatic heterocycles. The summed E-state index contributed by atoms with van der Waals surface area (Å²) in [6.07, 6.45) is 3.71. The van der Waals surface area contributed by atoms with Crippen molar-refractivity contribution in [2.75, 3.05) is 20.2 Å². The van der Waals surface area contributed by atoms with E-state index in [-0.39, 0.29) is 18.0 Å². The minimum atomic E-state index is -0.185. The van der Waals surface area contributed by atoms with Crippen LogP contribution in [0.2, 0.25) is 0 Å². The molecule has 2 saturated heterocycles. The quantitative estimate of drug-likeness (QED) is 0.801. The second-order valence-electron chi connectivity index (χ2n) is 7.44. The predicted molar refractivity (Wildman–Crippen MR) is 108 cm³/mol. The number of hydrogen-bond acceptors (Lipinski definition) is 7. The highest BCUT2D eigenvalue weighted by Gasteiger charge is 2.35. The standard InChI is InChI=1S/C21H27N5O3/c1-14-13-19(29-16-8-6-15(28-2)7-9-16)24-20(23-14)18-5-3-4-12-26(18)21(27)17-10-11-22-25-17/h6-9,13,17-18,22,25H,3-5,10-12H2,1-2H3. The molecule has 1 aromatic carbocycles. The molecule has 2 aliphatic rings. The van der Waals surface area contributed by atoms with Crippen LogP contribution in [0.1, 0.15) is 43.2 Å². The lowest BCUT2D eigenvalue weighted by Gasteiger charge is -2.36. The summed E-state index contributed by atoms with van der Waals surface area (Å²) in [5, 5.41) is 0. The summed E-state index contributed by atoms with van der Waals surface area (Å²) in [5.41, 5.74) is 6.93. The first kappa shape index (κ1) is 19.6. The molecule has 154 valence electrons. The Kier molecular flexibility index (Phi) is 5.92. The minimum Gasteiger partial charge on any atom is -0.497 e. The van der Waals surface area contributed by atoms with Crippen molar-refractivity contribution in [3.8, 4) is 17.4 Å². The van der Waals surface area contributed by atoms with Crippen molar-refractivity contribution in [1.82, 2.24) is 25.7 Å². The number of carbonyl (C=O) groups is 1. The maximum atomic E-state index is 13.0. The van der Waals surface area contributed by atoms with Crippen LogP contribution in [-0.2, 0) is 4.79 Å². The molecule has 8 nitrogen and oxygen atoms in total. The molecule has 2 unspecified atom stereocenters. The van der Waals surface area contributed by atoms with E-state index in [2.05, 4.69) is 20.8 Å². The number of nitrogens with zero attached hydrogens (tertiary/aromatic N) is 3. The van der Waals surface area contributed by atoms with Crippen LogP contribution in [0.25, 0.3) is 0 Å². The lowest BCUT2D eigenvalue weighted by atomic mass is 9.99. The van der Waals surface area contributed by atoms with Gasteiger partial charge in [0.05, 0.1) is 13.2 Å². The number of hydrazine groups is 1. The third kappa shape index (κ3) is 4.49. The number of likely N-dealkylation sites (tertiary alicyclic amines) is 1. The number of piperidine rings is 1. The first-order chi connectivity index (χ1) is 14.1. The van der Waals surface area contributed by atoms with Gasteiger partial charge in [-0.1, -0.05) is 0 Å². The van der Waals surface area contributed by atoms with E-state index in [0.29, 0.717) is 17.5 Å². The first-order valence-electron chi connectivity index (χ1n) is 10.1. The summed E-state index contributed by atoms with van der Waals surface area (Å²) in [6.45, 7) is 3.45. The Morgan fingerprint density at radius 2 is 1.93 bits per heavy atom. The number of methoxy groups -OCH3 is 1. The van der Waals surface area contributed by atoms with E-state index in [4.69, 9.17) is 9.47 Å². The molecular weight excluding hydrogens is 370 g/mol. The zero-order chi connectivity index (χ0) is 20.2. The molecule has 29 heavy (non-hydrogen) atoms. The summed E-state index contributed by atoms with van der Waals surface area (Å²) >= 11 is 0. The third-order valence-electron chi connectivity index (χ3n) is 5.35. The Morgan fingerprint density at radius 1 is 1.14 bits per heavy atom. The molecule has 0 radical (unpaired) electrons. The highest BCUT2D eigenvalue weighted by atomic mass is 16.5. The van der Waals surface area contributed by atoms with Crippen molar-refractivity contribution >= 4 is 5.91 Å². The number of hydrogen-bond donors (Lipinski definition) is 2. The van der Waals surface area contributed by atoms with Crippen LogP contribution in [0.15, 0.2) is 30.3 Å². The van der Waals surface area contributed by atoms with Crippen LogP contribution in [0.3, 0.4) is 0 Å². The first-order valence-corrected chi connectivity index (χ1v) is 10.1. The largest absolute Gasteiger partial charge is 0.497 e. The Morgan fingerprint density at radius 3 is 2.66 bits per heavy atom. The summed E-state index contributed by atoms with van der Waals surface area (Å²) in [6, 6.07) is 8.86. The van der Waals surface area contributed by atoms with E-state index in [0.717, 1.165) is 50.2 Å². The van der Waals surface area contributed by atoms with Gasteiger partial charge >= 0.3 is 0 Å². The molecule has 2 N–H and O–H groups in total. The topological polar surface area (TPSA) is 88.6 Å². The van der Waals surface area contributed by atoms with Crippen LogP contribution in [0.4, 0.5) is 0 Å². The lowest BCUT2D eigenvalue weighted by Crippen LogP contribution is -2.48. The van der Waals surface area contributed by atoms with E-state index in [1.165, 1.54) is 0 Å². The molecule has 3 heterocycles. The van der Waals surface area contributed by atoms with Gasteiger partial charge in [0, 0.05) is 24.8 Å². The normalized spacial score (nSPS) is 21.8. The molecule has 2 atom stereocenters. The van der Waals surface area contributed by atoms with Crippen LogP contribution in [0.5, 0.6) is 17.4 Å². The highest BCUT2D eigenvalue weighted by molar-refractivity contribution is 5.82. The molecule has 1 amide bonds. The Bertz CT molecular complexity index is 852. The second kappa shape index (κ2) is 8.75. The Hall–Kier alpha value is -2.71. The monoisotopic (exact) mass is 397 g/mol. The molecule has 4 rings (SSSR count). The molecule has 2 aromatic rings. The number of carbonyl (C=O) groups excluding carboxylic acids is 1. The van der Waals surface area contributed by atoms with Gasteiger partial charge in [-0.25, -0.2) is 10.4 Å². The van der Waals surface area contributed by atoms with Gasteiger partial charge in [-0.3, -0.25) is 10.2 Å². The van der Waals surface area contributed by atoms with Crippen LogP contribution < -0.4 is 20.3 Å². The van der Waals surface area contributed by atoms with E-state index >= 15 is 0 Å². The molecule has 2 fully saturated rings. The molecular formula is C21H27N5O3. The van der Waals surface area contributed by atoms with Gasteiger partial charge in [-0.15, -0.1) is 0 Å². The molecule has 0 aliphatic carbocycles. The maximum absolute atomic E-state index is 13.0. The highest BCUT2D eigenvalue weighted by Crippen LogP contribution is 2.32. The Balaban J connectivity index is 1.56. The summed E-state index contributed by atoms with van der Waals surface area (Å²) in [4.78, 5) is 24.3. The summed E-state index contributed by atoms with van der Waals surface area (Å²) in [7, 11) is 1.63. The smallest absolute Gasteiger partial charge is 0.241 e. The Labute approximate surface area is 170 Å². The van der Waals surface area contributed by atoms with Gasteiger partial charge < -0.3 is 14.4 Å². The van der Waals surface area contributed by atoms with Gasteiger partial charge in [0.2, 0.25) is 11.8 Å². The number of nitrogens with one attached hydrogen (secondary N) is 2. The van der Waals surface area contributed by atoms with Gasteiger partial charge in [-0.05, 0) is 56.9 Å². The second-order valence-corrected chi connectivity index (χ2v) is 7.44. The van der Waals surface area contributed by atoms with Gasteiger partial charge in [0.1, 0.15) is 17.5 Å². The average molecular weight is 397 g/mol. The molecule has 1 aromatic heterocycles. The van der Waals surface area contributed by atoms with E-state index < -0.39 is 0 Å². The zero-order valence-electron chi connectivity index (χ0n) is 16.9. The maximum Gasteiger partial charge on any atom is 0.241 e. The van der Waals surface area contributed by atoms with Gasteiger partial charge in [0.25, 0.3) is 0 Å². The predicted octanol–water partition coefficient (Wildman–Crippen LogP) is 2.51. The van der Waals surface area contributed by atoms with E-state index in [1.54, 1.807) is 7.11 Å². The van der Waals surface area contributed by atoms with E-state index in [1.807, 2.05) is 42.2 Å². The zero-order valence-corrected chi connectivity index (χ0v) is 16.9. The van der Waals surface area contributed by atoms with Crippen LogP contribution in [0, 0.1) is 6.92 Å². The molecule has 8 heteroatoms. The average Bonchev–Trinajstić information content (AvgIpc) is 3.28. The number of amides is 1. The van der Waals surface area contributed by atoms with Crippen molar-refractivity contribution in [2.45, 2.75) is 44.7 Å². The van der Waals surface area contributed by atoms with Crippen LogP contribution in [-0.4, -0.2) is 47.0 Å².